The normalized spacial score (nSPS) is 10.6. The molecule has 0 aliphatic rings. The van der Waals surface area contributed by atoms with Crippen LogP contribution in [0.2, 0.25) is 0 Å². The minimum Gasteiger partial charge on any atom is -0.366 e. The summed E-state index contributed by atoms with van der Waals surface area (Å²) in [6, 6.07) is 12.3. The van der Waals surface area contributed by atoms with E-state index in [1.807, 2.05) is 26.0 Å². The zero-order valence-corrected chi connectivity index (χ0v) is 12.1. The molecule has 0 aliphatic heterocycles. The lowest BCUT2D eigenvalue weighted by molar-refractivity contribution is 0.992. The van der Waals surface area contributed by atoms with Gasteiger partial charge in [0.1, 0.15) is 11.6 Å². The Balaban J connectivity index is 1.68. The van der Waals surface area contributed by atoms with E-state index in [-0.39, 0.29) is 0 Å². The van der Waals surface area contributed by atoms with Crippen LogP contribution >= 0.6 is 0 Å². The van der Waals surface area contributed by atoms with Crippen molar-refractivity contribution in [3.63, 3.8) is 0 Å². The Hall–Kier alpha value is -2.69. The summed E-state index contributed by atoms with van der Waals surface area (Å²) in [6.45, 7) is 4.61. The molecule has 0 saturated heterocycles. The molecule has 0 bridgehead atoms. The number of nitrogens with one attached hydrogen (secondary N) is 2. The minimum absolute atomic E-state index is 0.735. The van der Waals surface area contributed by atoms with E-state index in [9.17, 15) is 0 Å². The molecule has 0 amide bonds. The Bertz CT molecular complexity index is 697. The summed E-state index contributed by atoms with van der Waals surface area (Å²) < 4.78 is 0. The topological polar surface area (TPSA) is 66.5 Å². The summed E-state index contributed by atoms with van der Waals surface area (Å²) >= 11 is 0. The van der Waals surface area contributed by atoms with E-state index in [0.717, 1.165) is 35.1 Å². The van der Waals surface area contributed by atoms with Crippen molar-refractivity contribution in [2.75, 3.05) is 5.32 Å². The van der Waals surface area contributed by atoms with Crippen molar-refractivity contribution in [2.45, 2.75) is 20.4 Å². The molecule has 106 valence electrons. The molecule has 0 atom stereocenters. The molecule has 0 fully saturated rings. The van der Waals surface area contributed by atoms with Gasteiger partial charge in [-0.15, -0.1) is 0 Å². The summed E-state index contributed by atoms with van der Waals surface area (Å²) in [5.74, 6) is 1.64. The third kappa shape index (κ3) is 3.25. The lowest BCUT2D eigenvalue weighted by Gasteiger charge is -2.08. The van der Waals surface area contributed by atoms with Crippen LogP contribution in [-0.2, 0) is 6.54 Å². The zero-order valence-electron chi connectivity index (χ0n) is 12.1. The van der Waals surface area contributed by atoms with Crippen LogP contribution in [0.4, 0.5) is 5.82 Å². The molecule has 2 N–H and O–H groups in total. The van der Waals surface area contributed by atoms with Crippen molar-refractivity contribution in [3.8, 4) is 11.3 Å². The van der Waals surface area contributed by atoms with Crippen LogP contribution in [0.15, 0.2) is 42.6 Å². The van der Waals surface area contributed by atoms with Crippen molar-refractivity contribution in [3.05, 3.63) is 59.7 Å². The molecule has 3 aromatic rings. The van der Waals surface area contributed by atoms with E-state index in [1.54, 1.807) is 6.20 Å². The van der Waals surface area contributed by atoms with Crippen molar-refractivity contribution in [1.29, 1.82) is 0 Å². The molecule has 0 aliphatic carbocycles. The van der Waals surface area contributed by atoms with Crippen LogP contribution in [0.3, 0.4) is 0 Å². The van der Waals surface area contributed by atoms with Crippen molar-refractivity contribution >= 4 is 5.82 Å². The highest BCUT2D eigenvalue weighted by atomic mass is 15.1. The van der Waals surface area contributed by atoms with Crippen LogP contribution < -0.4 is 5.32 Å². The predicted molar refractivity (Wildman–Crippen MR) is 82.9 cm³/mol. The summed E-state index contributed by atoms with van der Waals surface area (Å²) in [5.41, 5.74) is 4.33. The van der Waals surface area contributed by atoms with Gasteiger partial charge in [-0.25, -0.2) is 9.97 Å². The predicted octanol–water partition coefficient (Wildman–Crippen LogP) is 3.10. The van der Waals surface area contributed by atoms with Gasteiger partial charge >= 0.3 is 0 Å². The van der Waals surface area contributed by atoms with Gasteiger partial charge in [0.2, 0.25) is 0 Å². The van der Waals surface area contributed by atoms with Gasteiger partial charge in [-0.05, 0) is 31.0 Å². The molecule has 3 rings (SSSR count). The van der Waals surface area contributed by atoms with Crippen LogP contribution in [0.25, 0.3) is 11.3 Å². The molecule has 2 heterocycles. The molecule has 5 heteroatoms. The monoisotopic (exact) mass is 279 g/mol. The molecule has 0 saturated carbocycles. The third-order valence-electron chi connectivity index (χ3n) is 3.21. The average Bonchev–Trinajstić information content (AvgIpc) is 2.99. The van der Waals surface area contributed by atoms with Crippen LogP contribution in [0.1, 0.15) is 17.1 Å². The number of aryl methyl sites for hydroxylation is 2. The van der Waals surface area contributed by atoms with E-state index in [4.69, 9.17) is 0 Å². The highest BCUT2D eigenvalue weighted by Gasteiger charge is 2.01. The lowest BCUT2D eigenvalue weighted by atomic mass is 10.1. The second-order valence-corrected chi connectivity index (χ2v) is 4.96. The van der Waals surface area contributed by atoms with E-state index in [0.29, 0.717) is 0 Å². The molecule has 5 nitrogen and oxygen atoms in total. The van der Waals surface area contributed by atoms with Crippen LogP contribution in [-0.4, -0.2) is 20.2 Å². The highest BCUT2D eigenvalue weighted by molar-refractivity contribution is 5.58. The Labute approximate surface area is 123 Å². The smallest absolute Gasteiger partial charge is 0.130 e. The van der Waals surface area contributed by atoms with Gasteiger partial charge in [0.15, 0.2) is 0 Å². The third-order valence-corrected chi connectivity index (χ3v) is 3.21. The van der Waals surface area contributed by atoms with E-state index in [2.05, 4.69) is 49.7 Å². The number of anilines is 1. The van der Waals surface area contributed by atoms with E-state index >= 15 is 0 Å². The van der Waals surface area contributed by atoms with E-state index < -0.39 is 0 Å². The first kappa shape index (κ1) is 13.3. The summed E-state index contributed by atoms with van der Waals surface area (Å²) in [4.78, 5) is 8.64. The number of hydrogen-bond acceptors (Lipinski definition) is 4. The van der Waals surface area contributed by atoms with Gasteiger partial charge < -0.3 is 5.32 Å². The molecule has 1 aromatic carbocycles. The van der Waals surface area contributed by atoms with Crippen LogP contribution in [0, 0.1) is 13.8 Å². The number of rotatable bonds is 4. The Morgan fingerprint density at radius 1 is 1.05 bits per heavy atom. The van der Waals surface area contributed by atoms with Crippen molar-refractivity contribution < 1.29 is 0 Å². The molecular weight excluding hydrogens is 262 g/mol. The summed E-state index contributed by atoms with van der Waals surface area (Å²) in [5, 5.41) is 10.2. The minimum atomic E-state index is 0.735. The van der Waals surface area contributed by atoms with Crippen molar-refractivity contribution in [2.24, 2.45) is 0 Å². The fraction of sp³-hybridized carbons (Fsp3) is 0.188. The lowest BCUT2D eigenvalue weighted by Crippen LogP contribution is -2.03. The molecular formula is C16H17N5. The quantitative estimate of drug-likeness (QED) is 0.770. The molecule has 0 spiro atoms. The second kappa shape index (κ2) is 5.75. The van der Waals surface area contributed by atoms with Crippen LogP contribution in [0.5, 0.6) is 0 Å². The number of aromatic amines is 1. The molecule has 2 aromatic heterocycles. The fourth-order valence-corrected chi connectivity index (χ4v) is 2.22. The highest BCUT2D eigenvalue weighted by Crippen LogP contribution is 2.17. The summed E-state index contributed by atoms with van der Waals surface area (Å²) in [7, 11) is 0. The maximum Gasteiger partial charge on any atom is 0.130 e. The van der Waals surface area contributed by atoms with Gasteiger partial charge in [-0.1, -0.05) is 24.3 Å². The maximum atomic E-state index is 4.37. The standard InChI is InChI=1S/C16H17N5/c1-11-9-16(20-12(2)19-11)17-10-13-3-5-14(6-4-13)15-7-8-18-21-15/h3-9H,10H2,1-2H3,(H,18,21)(H,17,19,20). The first-order valence-corrected chi connectivity index (χ1v) is 6.85. The number of hydrogen-bond donors (Lipinski definition) is 2. The van der Waals surface area contributed by atoms with Gasteiger partial charge in [-0.2, -0.15) is 5.10 Å². The number of nitrogens with zero attached hydrogens (tertiary/aromatic N) is 3. The van der Waals surface area contributed by atoms with Gasteiger partial charge in [0, 0.05) is 24.5 Å². The van der Waals surface area contributed by atoms with Gasteiger partial charge in [-0.3, -0.25) is 5.10 Å². The maximum absolute atomic E-state index is 4.37. The largest absolute Gasteiger partial charge is 0.366 e. The Morgan fingerprint density at radius 3 is 2.52 bits per heavy atom. The number of benzene rings is 1. The molecule has 0 radical (unpaired) electrons. The molecule has 0 unspecified atom stereocenters. The Morgan fingerprint density at radius 2 is 1.86 bits per heavy atom. The zero-order chi connectivity index (χ0) is 14.7. The molecule has 21 heavy (non-hydrogen) atoms. The summed E-state index contributed by atoms with van der Waals surface area (Å²) in [6.07, 6.45) is 1.75. The Kier molecular flexibility index (Phi) is 3.64. The average molecular weight is 279 g/mol. The number of H-pyrrole nitrogens is 1. The first-order valence-electron chi connectivity index (χ1n) is 6.85. The van der Waals surface area contributed by atoms with Gasteiger partial charge in [0.25, 0.3) is 0 Å². The second-order valence-electron chi connectivity index (χ2n) is 4.96. The fourth-order valence-electron chi connectivity index (χ4n) is 2.22. The number of aromatic nitrogens is 4. The SMILES string of the molecule is Cc1cc(NCc2ccc(-c3ccn[nH]3)cc2)nc(C)n1. The van der Waals surface area contributed by atoms with E-state index in [1.165, 1.54) is 5.56 Å². The van der Waals surface area contributed by atoms with Gasteiger partial charge in [0.05, 0.1) is 5.69 Å². The first-order chi connectivity index (χ1) is 10.2. The van der Waals surface area contributed by atoms with Crippen molar-refractivity contribution in [1.82, 2.24) is 20.2 Å².